The van der Waals surface area contributed by atoms with E-state index in [2.05, 4.69) is 24.9 Å². The largest absolute Gasteiger partial charge is 0.205 e. The van der Waals surface area contributed by atoms with Crippen molar-refractivity contribution in [1.29, 1.82) is 0 Å². The van der Waals surface area contributed by atoms with Crippen molar-refractivity contribution in [3.8, 4) is 0 Å². The van der Waals surface area contributed by atoms with Gasteiger partial charge >= 0.3 is 0 Å². The minimum atomic E-state index is -1.35. The molecule has 1 atom stereocenters. The zero-order valence-electron chi connectivity index (χ0n) is 6.29. The van der Waals surface area contributed by atoms with E-state index in [4.69, 9.17) is 11.2 Å². The highest BCUT2D eigenvalue weighted by Gasteiger charge is 2.53. The molecule has 0 bridgehead atoms. The minimum absolute atomic E-state index is 1.29. The van der Waals surface area contributed by atoms with Crippen LogP contribution in [0.2, 0.25) is 0 Å². The van der Waals surface area contributed by atoms with Gasteiger partial charge in [0.25, 0.3) is 0 Å². The van der Waals surface area contributed by atoms with Crippen molar-refractivity contribution < 1.29 is 0 Å². The van der Waals surface area contributed by atoms with Crippen molar-refractivity contribution in [3.63, 3.8) is 0 Å². The molecule has 2 rings (SSSR count). The Morgan fingerprint density at radius 3 is 2.18 bits per heavy atom. The van der Waals surface area contributed by atoms with Crippen LogP contribution in [0.3, 0.4) is 0 Å². The smallest absolute Gasteiger partial charge is 0.0620 e. The number of allylic oxidation sites excluding steroid dienone is 1. The number of hydrogen-bond acceptors (Lipinski definition) is 0. The van der Waals surface area contributed by atoms with Crippen molar-refractivity contribution in [3.05, 3.63) is 41.5 Å². The molecule has 1 aromatic carbocycles. The average Bonchev–Trinajstić information content (AvgIpc) is 2.64. The molecule has 0 amide bonds. The van der Waals surface area contributed by atoms with Crippen molar-refractivity contribution in [2.24, 2.45) is 0 Å². The van der Waals surface area contributed by atoms with E-state index in [9.17, 15) is 0 Å². The fourth-order valence-corrected chi connectivity index (χ4v) is 4.10. The van der Waals surface area contributed by atoms with Gasteiger partial charge in [-0.3, -0.25) is 0 Å². The van der Waals surface area contributed by atoms with Crippen LogP contribution in [0.4, 0.5) is 0 Å². The maximum Gasteiger partial charge on any atom is 0.205 e. The van der Waals surface area contributed by atoms with Gasteiger partial charge in [-0.2, -0.15) is 0 Å². The second-order valence-corrected chi connectivity index (χ2v) is 7.10. The summed E-state index contributed by atoms with van der Waals surface area (Å²) in [6, 6.07) is 10.3. The van der Waals surface area contributed by atoms with E-state index in [1.54, 1.807) is 0 Å². The van der Waals surface area contributed by atoms with Gasteiger partial charge in [0, 0.05) is 0 Å². The van der Waals surface area contributed by atoms with Gasteiger partial charge in [0.15, 0.2) is 0 Å². The maximum atomic E-state index is 6.34. The Morgan fingerprint density at radius 2 is 1.73 bits per heavy atom. The van der Waals surface area contributed by atoms with Gasteiger partial charge in [0.05, 0.1) is 0 Å². The van der Waals surface area contributed by atoms with Gasteiger partial charge in [-0.1, -0.05) is 18.2 Å². The van der Waals surface area contributed by atoms with Crippen LogP contribution in [-0.4, -0.2) is 0 Å². The molecule has 0 spiro atoms. The van der Waals surface area contributed by atoms with Gasteiger partial charge in [-0.05, 0) is 19.1 Å². The highest BCUT2D eigenvalue weighted by atomic mass is 35.7. The van der Waals surface area contributed by atoms with Gasteiger partial charge in [0.2, 0.25) is 6.62 Å². The number of rotatable bonds is 1. The molecule has 0 aliphatic carbocycles. The first-order valence-corrected chi connectivity index (χ1v) is 6.34. The van der Waals surface area contributed by atoms with Crippen molar-refractivity contribution >= 4 is 23.2 Å². The van der Waals surface area contributed by atoms with Crippen LogP contribution in [0.1, 0.15) is 6.92 Å². The van der Waals surface area contributed by atoms with Crippen molar-refractivity contribution in [2.45, 2.75) is 6.92 Å². The Balaban J connectivity index is 2.33. The number of halogens is 1. The fraction of sp³-hybridized carbons (Fsp3) is 0.111. The molecule has 0 aromatic heterocycles. The summed E-state index contributed by atoms with van der Waals surface area (Å²) in [4.78, 5) is 0. The molecular weight excluding hydrogens is 175 g/mol. The van der Waals surface area contributed by atoms with E-state index in [1.807, 2.05) is 18.2 Å². The molecule has 1 heterocycles. The molecule has 11 heavy (non-hydrogen) atoms. The van der Waals surface area contributed by atoms with Crippen LogP contribution in [0.5, 0.6) is 0 Å². The standard InChI is InChI=1S/C9H9ClP/c1-8-7-11(8,10)9-5-3-2-4-6-9/h2-7H,1H3/q+1. The SMILES string of the molecule is CC1=C[P+]1(Cl)c1ccccc1. The first-order chi connectivity index (χ1) is 5.23. The third kappa shape index (κ3) is 1.11. The zero-order chi connectivity index (χ0) is 7.90. The molecule has 1 aliphatic rings. The lowest BCUT2D eigenvalue weighted by Crippen LogP contribution is -1.95. The Morgan fingerprint density at radius 1 is 1.18 bits per heavy atom. The van der Waals surface area contributed by atoms with Crippen LogP contribution in [-0.2, 0) is 0 Å². The third-order valence-electron chi connectivity index (χ3n) is 1.94. The highest BCUT2D eigenvalue weighted by molar-refractivity contribution is 8.14. The molecule has 56 valence electrons. The molecule has 0 N–H and O–H groups in total. The van der Waals surface area contributed by atoms with E-state index in [0.717, 1.165) is 0 Å². The molecule has 0 saturated heterocycles. The normalized spacial score (nSPS) is 28.0. The predicted octanol–water partition coefficient (Wildman–Crippen LogP) is 3.36. The summed E-state index contributed by atoms with van der Waals surface area (Å²) in [6.07, 6.45) is 0. The molecule has 1 unspecified atom stereocenters. The Kier molecular flexibility index (Phi) is 1.56. The summed E-state index contributed by atoms with van der Waals surface area (Å²) < 4.78 is 0. The summed E-state index contributed by atoms with van der Waals surface area (Å²) in [5, 5.41) is 2.66. The number of hydrogen-bond donors (Lipinski definition) is 0. The summed E-state index contributed by atoms with van der Waals surface area (Å²) >= 11 is 6.34. The Labute approximate surface area is 72.0 Å². The van der Waals surface area contributed by atoms with E-state index in [1.165, 1.54) is 10.6 Å². The molecule has 1 aliphatic heterocycles. The monoisotopic (exact) mass is 183 g/mol. The summed E-state index contributed by atoms with van der Waals surface area (Å²) in [6.45, 7) is 0.760. The molecule has 1 aromatic rings. The Bertz CT molecular complexity index is 305. The van der Waals surface area contributed by atoms with Crippen LogP contribution >= 0.6 is 17.9 Å². The maximum absolute atomic E-state index is 6.34. The Hall–Kier alpha value is -0.320. The lowest BCUT2D eigenvalue weighted by Gasteiger charge is -1.96. The second-order valence-electron chi connectivity index (χ2n) is 2.74. The van der Waals surface area contributed by atoms with Gasteiger partial charge in [0.1, 0.15) is 27.7 Å². The summed E-state index contributed by atoms with van der Waals surface area (Å²) in [7, 11) is 0. The molecule has 2 heteroatoms. The fourth-order valence-electron chi connectivity index (χ4n) is 1.15. The van der Waals surface area contributed by atoms with Crippen molar-refractivity contribution in [1.82, 2.24) is 0 Å². The topological polar surface area (TPSA) is 0 Å². The van der Waals surface area contributed by atoms with Crippen molar-refractivity contribution in [2.75, 3.05) is 0 Å². The summed E-state index contributed by atoms with van der Waals surface area (Å²) in [5.41, 5.74) is 0. The highest BCUT2D eigenvalue weighted by Crippen LogP contribution is 2.82. The van der Waals surface area contributed by atoms with E-state index in [0.29, 0.717) is 0 Å². The van der Waals surface area contributed by atoms with Crippen LogP contribution in [0.25, 0.3) is 0 Å². The van der Waals surface area contributed by atoms with Crippen LogP contribution < -0.4 is 5.30 Å². The van der Waals surface area contributed by atoms with Gasteiger partial charge in [-0.15, -0.1) is 0 Å². The molecular formula is C9H9ClP+. The first kappa shape index (κ1) is 7.34. The van der Waals surface area contributed by atoms with E-state index in [-0.39, 0.29) is 0 Å². The van der Waals surface area contributed by atoms with E-state index < -0.39 is 6.62 Å². The molecule has 0 radical (unpaired) electrons. The first-order valence-electron chi connectivity index (χ1n) is 3.57. The second kappa shape index (κ2) is 2.33. The third-order valence-corrected chi connectivity index (χ3v) is 6.29. The summed E-state index contributed by atoms with van der Waals surface area (Å²) in [5.74, 6) is 2.18. The van der Waals surface area contributed by atoms with Gasteiger partial charge in [-0.25, -0.2) is 0 Å². The molecule has 0 fully saturated rings. The van der Waals surface area contributed by atoms with E-state index >= 15 is 0 Å². The quantitative estimate of drug-likeness (QED) is 0.586. The molecule has 0 saturated carbocycles. The van der Waals surface area contributed by atoms with Gasteiger partial charge < -0.3 is 0 Å². The zero-order valence-corrected chi connectivity index (χ0v) is 7.94. The average molecular weight is 184 g/mol. The lowest BCUT2D eigenvalue weighted by atomic mass is 10.4. The molecule has 0 nitrogen and oxygen atoms in total. The van der Waals surface area contributed by atoms with Crippen LogP contribution in [0, 0.1) is 0 Å². The van der Waals surface area contributed by atoms with Crippen LogP contribution in [0.15, 0.2) is 41.5 Å². The number of benzene rings is 1. The predicted molar refractivity (Wildman–Crippen MR) is 52.6 cm³/mol. The lowest BCUT2D eigenvalue weighted by molar-refractivity contribution is 1.75. The minimum Gasteiger partial charge on any atom is -0.0620 e.